The Morgan fingerprint density at radius 1 is 1.14 bits per heavy atom. The summed E-state index contributed by atoms with van der Waals surface area (Å²) in [7, 11) is 2.92. The Kier molecular flexibility index (Phi) is 7.82. The maximum absolute atomic E-state index is 11.4. The number of phenols is 1. The predicted octanol–water partition coefficient (Wildman–Crippen LogP) is 3.83. The largest absolute Gasteiger partial charge is 0.507 e. The first-order chi connectivity index (χ1) is 13.9. The summed E-state index contributed by atoms with van der Waals surface area (Å²) in [6.07, 6.45) is 1.93. The molecule has 156 valence electrons. The minimum absolute atomic E-state index is 0.0377. The Morgan fingerprint density at radius 2 is 1.79 bits per heavy atom. The molecule has 0 aromatic heterocycles. The highest BCUT2D eigenvalue weighted by Crippen LogP contribution is 2.34. The van der Waals surface area contributed by atoms with Gasteiger partial charge in [0, 0.05) is 48.7 Å². The zero-order valence-corrected chi connectivity index (χ0v) is 17.2. The molecule has 0 saturated carbocycles. The second-order valence-electron chi connectivity index (χ2n) is 6.29. The number of nitro benzene ring substituents is 1. The van der Waals surface area contributed by atoms with Crippen molar-refractivity contribution in [3.05, 3.63) is 51.6 Å². The molecule has 0 unspecified atom stereocenters. The number of anilines is 1. The summed E-state index contributed by atoms with van der Waals surface area (Å²) in [6.45, 7) is 6.15. The maximum atomic E-state index is 11.4. The van der Waals surface area contributed by atoms with E-state index in [9.17, 15) is 15.2 Å². The molecule has 0 spiro atoms. The molecule has 0 bridgehead atoms. The monoisotopic (exact) mass is 401 g/mol. The van der Waals surface area contributed by atoms with Gasteiger partial charge in [0.25, 0.3) is 5.69 Å². The lowest BCUT2D eigenvalue weighted by atomic mass is 10.1. The minimum atomic E-state index is -0.446. The SMILES string of the molecule is CCN(CC)c1ccc(C=NCCc2cc(OC)c(OC)cc2[N+](=O)[O-])c(O)c1. The van der Waals surface area contributed by atoms with Crippen LogP contribution < -0.4 is 14.4 Å². The first kappa shape index (κ1) is 22.0. The van der Waals surface area contributed by atoms with Crippen molar-refractivity contribution in [3.8, 4) is 17.2 Å². The van der Waals surface area contributed by atoms with Crippen LogP contribution in [-0.2, 0) is 6.42 Å². The molecule has 8 nitrogen and oxygen atoms in total. The van der Waals surface area contributed by atoms with Crippen LogP contribution in [0.25, 0.3) is 0 Å². The van der Waals surface area contributed by atoms with Crippen molar-refractivity contribution in [2.24, 2.45) is 4.99 Å². The fourth-order valence-electron chi connectivity index (χ4n) is 3.06. The van der Waals surface area contributed by atoms with E-state index in [1.165, 1.54) is 20.3 Å². The number of rotatable bonds is 10. The van der Waals surface area contributed by atoms with Crippen molar-refractivity contribution in [3.63, 3.8) is 0 Å². The number of nitrogens with zero attached hydrogens (tertiary/aromatic N) is 3. The van der Waals surface area contributed by atoms with Crippen LogP contribution in [-0.4, -0.2) is 50.1 Å². The van der Waals surface area contributed by atoms with E-state index in [-0.39, 0.29) is 11.4 Å². The zero-order chi connectivity index (χ0) is 21.4. The summed E-state index contributed by atoms with van der Waals surface area (Å²) in [5, 5.41) is 21.6. The normalized spacial score (nSPS) is 10.9. The van der Waals surface area contributed by atoms with Crippen molar-refractivity contribution in [1.82, 2.24) is 0 Å². The molecule has 0 amide bonds. The van der Waals surface area contributed by atoms with Gasteiger partial charge in [0.2, 0.25) is 0 Å². The van der Waals surface area contributed by atoms with E-state index in [0.717, 1.165) is 18.8 Å². The van der Waals surface area contributed by atoms with Gasteiger partial charge in [0.05, 0.1) is 25.2 Å². The quantitative estimate of drug-likeness (QED) is 0.369. The molecule has 2 aromatic rings. The number of ether oxygens (including phenoxy) is 2. The zero-order valence-electron chi connectivity index (χ0n) is 17.2. The van der Waals surface area contributed by atoms with E-state index < -0.39 is 4.92 Å². The van der Waals surface area contributed by atoms with Crippen LogP contribution in [0.15, 0.2) is 35.3 Å². The van der Waals surface area contributed by atoms with Gasteiger partial charge in [0.1, 0.15) is 5.75 Å². The molecule has 0 aliphatic carbocycles. The third-order valence-electron chi connectivity index (χ3n) is 4.66. The van der Waals surface area contributed by atoms with Gasteiger partial charge < -0.3 is 19.5 Å². The summed E-state index contributed by atoms with van der Waals surface area (Å²) >= 11 is 0. The Balaban J connectivity index is 2.13. The lowest BCUT2D eigenvalue weighted by Crippen LogP contribution is -2.21. The van der Waals surface area contributed by atoms with E-state index in [1.54, 1.807) is 18.3 Å². The Labute approximate surface area is 170 Å². The number of phenolic OH excluding ortho intramolecular Hbond substituents is 1. The molecule has 0 atom stereocenters. The highest BCUT2D eigenvalue weighted by Gasteiger charge is 2.19. The van der Waals surface area contributed by atoms with Crippen molar-refractivity contribution < 1.29 is 19.5 Å². The van der Waals surface area contributed by atoms with E-state index in [1.807, 2.05) is 12.1 Å². The molecule has 0 fully saturated rings. The average Bonchev–Trinajstić information content (AvgIpc) is 2.72. The standard InChI is InChI=1S/C21H27N3O5/c1-5-23(6-2)17-8-7-16(19(25)12-17)14-22-10-9-15-11-20(28-3)21(29-4)13-18(15)24(26)27/h7-8,11-14,25H,5-6,9-10H2,1-4H3. The minimum Gasteiger partial charge on any atom is -0.507 e. The number of aromatic hydroxyl groups is 1. The van der Waals surface area contributed by atoms with Crippen molar-refractivity contribution in [2.45, 2.75) is 20.3 Å². The second-order valence-corrected chi connectivity index (χ2v) is 6.29. The smallest absolute Gasteiger partial charge is 0.276 e. The van der Waals surface area contributed by atoms with Gasteiger partial charge in [-0.25, -0.2) is 0 Å². The van der Waals surface area contributed by atoms with Crippen LogP contribution in [0.4, 0.5) is 11.4 Å². The summed E-state index contributed by atoms with van der Waals surface area (Å²) in [6, 6.07) is 8.42. The molecule has 0 heterocycles. The second kappa shape index (κ2) is 10.3. The third kappa shape index (κ3) is 5.37. The van der Waals surface area contributed by atoms with Gasteiger partial charge in [-0.1, -0.05) is 0 Å². The molecule has 0 radical (unpaired) electrons. The van der Waals surface area contributed by atoms with E-state index >= 15 is 0 Å². The summed E-state index contributed by atoms with van der Waals surface area (Å²) in [5.74, 6) is 0.890. The summed E-state index contributed by atoms with van der Waals surface area (Å²) in [4.78, 5) is 17.4. The molecule has 0 aliphatic rings. The average molecular weight is 401 g/mol. The van der Waals surface area contributed by atoms with Crippen molar-refractivity contribution in [1.29, 1.82) is 0 Å². The number of aliphatic imine (C=N–C) groups is 1. The van der Waals surface area contributed by atoms with Crippen LogP contribution >= 0.6 is 0 Å². The molecular formula is C21H27N3O5. The van der Waals surface area contributed by atoms with Crippen LogP contribution in [0.3, 0.4) is 0 Å². The number of nitro groups is 1. The maximum Gasteiger partial charge on any atom is 0.276 e. The van der Waals surface area contributed by atoms with E-state index in [2.05, 4.69) is 23.7 Å². The predicted molar refractivity (Wildman–Crippen MR) is 114 cm³/mol. The van der Waals surface area contributed by atoms with Gasteiger partial charge >= 0.3 is 0 Å². The number of hydrogen-bond acceptors (Lipinski definition) is 7. The highest BCUT2D eigenvalue weighted by molar-refractivity contribution is 5.84. The molecule has 1 N–H and O–H groups in total. The van der Waals surface area contributed by atoms with E-state index in [0.29, 0.717) is 35.6 Å². The van der Waals surface area contributed by atoms with Gasteiger partial charge in [0.15, 0.2) is 11.5 Å². The molecule has 2 aromatic carbocycles. The number of benzene rings is 2. The fourth-order valence-corrected chi connectivity index (χ4v) is 3.06. The van der Waals surface area contributed by atoms with Gasteiger partial charge in [-0.05, 0) is 38.5 Å². The van der Waals surface area contributed by atoms with Gasteiger partial charge in [-0.15, -0.1) is 0 Å². The lowest BCUT2D eigenvalue weighted by molar-refractivity contribution is -0.385. The van der Waals surface area contributed by atoms with Crippen LogP contribution in [0.2, 0.25) is 0 Å². The molecule has 29 heavy (non-hydrogen) atoms. The van der Waals surface area contributed by atoms with Crippen molar-refractivity contribution >= 4 is 17.6 Å². The molecule has 0 aliphatic heterocycles. The van der Waals surface area contributed by atoms with Gasteiger partial charge in [-0.2, -0.15) is 0 Å². The number of hydrogen-bond donors (Lipinski definition) is 1. The molecular weight excluding hydrogens is 374 g/mol. The Hall–Kier alpha value is -3.29. The van der Waals surface area contributed by atoms with Crippen LogP contribution in [0.5, 0.6) is 17.2 Å². The summed E-state index contributed by atoms with van der Waals surface area (Å²) < 4.78 is 10.4. The van der Waals surface area contributed by atoms with Gasteiger partial charge in [-0.3, -0.25) is 15.1 Å². The molecule has 8 heteroatoms. The van der Waals surface area contributed by atoms with Crippen LogP contribution in [0, 0.1) is 10.1 Å². The lowest BCUT2D eigenvalue weighted by Gasteiger charge is -2.21. The highest BCUT2D eigenvalue weighted by atomic mass is 16.6. The van der Waals surface area contributed by atoms with E-state index in [4.69, 9.17) is 9.47 Å². The first-order valence-electron chi connectivity index (χ1n) is 9.42. The topological polar surface area (TPSA) is 97.4 Å². The van der Waals surface area contributed by atoms with Crippen LogP contribution in [0.1, 0.15) is 25.0 Å². The Morgan fingerprint density at radius 3 is 2.34 bits per heavy atom. The summed E-state index contributed by atoms with van der Waals surface area (Å²) in [5.41, 5.74) is 2.02. The number of methoxy groups -OCH3 is 2. The first-order valence-corrected chi connectivity index (χ1v) is 9.42. The molecule has 2 rings (SSSR count). The van der Waals surface area contributed by atoms with Crippen molar-refractivity contribution in [2.75, 3.05) is 38.8 Å². The Bertz CT molecular complexity index is 879. The third-order valence-corrected chi connectivity index (χ3v) is 4.66. The molecule has 0 saturated heterocycles. The fraction of sp³-hybridized carbons (Fsp3) is 0.381.